The molecule has 2 aliphatic heterocycles. The van der Waals surface area contributed by atoms with Crippen molar-refractivity contribution in [3.8, 4) is 5.75 Å². The summed E-state index contributed by atoms with van der Waals surface area (Å²) < 4.78 is 5.37. The lowest BCUT2D eigenvalue weighted by Gasteiger charge is -2.29. The van der Waals surface area contributed by atoms with E-state index in [1.165, 1.54) is 6.42 Å². The number of hydrogen-bond acceptors (Lipinski definition) is 5. The molecule has 6 heteroatoms. The molecule has 0 radical (unpaired) electrons. The van der Waals surface area contributed by atoms with Crippen LogP contribution in [0.5, 0.6) is 5.75 Å². The first-order chi connectivity index (χ1) is 15.2. The second-order valence-corrected chi connectivity index (χ2v) is 7.89. The van der Waals surface area contributed by atoms with Crippen LogP contribution in [0.2, 0.25) is 0 Å². The summed E-state index contributed by atoms with van der Waals surface area (Å²) in [4.78, 5) is 31.7. The van der Waals surface area contributed by atoms with E-state index in [9.17, 15) is 9.59 Å². The van der Waals surface area contributed by atoms with Crippen LogP contribution in [0.25, 0.3) is 17.0 Å². The molecule has 5 rings (SSSR count). The molecule has 0 aliphatic carbocycles. The van der Waals surface area contributed by atoms with Gasteiger partial charge in [0, 0.05) is 29.6 Å². The lowest BCUT2D eigenvalue weighted by molar-refractivity contribution is -0.118. The second-order valence-electron chi connectivity index (χ2n) is 7.89. The molecule has 6 nitrogen and oxygen atoms in total. The van der Waals surface area contributed by atoms with Gasteiger partial charge in [-0.05, 0) is 61.7 Å². The van der Waals surface area contributed by atoms with Crippen LogP contribution < -0.4 is 15.0 Å². The minimum atomic E-state index is -0.221. The zero-order chi connectivity index (χ0) is 21.2. The predicted octanol–water partition coefficient (Wildman–Crippen LogP) is 4.45. The van der Waals surface area contributed by atoms with Crippen molar-refractivity contribution in [3.63, 3.8) is 0 Å². The summed E-state index contributed by atoms with van der Waals surface area (Å²) >= 11 is 0. The third-order valence-electron chi connectivity index (χ3n) is 5.70. The number of carbonyl (C=O) groups excluding carboxylic acids is 2. The van der Waals surface area contributed by atoms with Crippen molar-refractivity contribution < 1.29 is 14.3 Å². The van der Waals surface area contributed by atoms with E-state index in [0.29, 0.717) is 17.0 Å². The zero-order valence-electron chi connectivity index (χ0n) is 17.1. The average Bonchev–Trinajstić information content (AvgIpc) is 2.82. The molecule has 1 N–H and O–H groups in total. The number of allylic oxidation sites excluding steroid dienone is 1. The van der Waals surface area contributed by atoms with Crippen LogP contribution in [0.1, 0.15) is 35.2 Å². The highest BCUT2D eigenvalue weighted by Crippen LogP contribution is 2.30. The molecule has 1 saturated heterocycles. The topological polar surface area (TPSA) is 71.5 Å². The summed E-state index contributed by atoms with van der Waals surface area (Å²) in [5, 5.41) is 3.79. The van der Waals surface area contributed by atoms with Gasteiger partial charge in [-0.1, -0.05) is 18.2 Å². The number of fused-ring (bicyclic) bond motifs is 2. The van der Waals surface area contributed by atoms with Crippen LogP contribution in [-0.4, -0.2) is 36.4 Å². The van der Waals surface area contributed by atoms with E-state index in [2.05, 4.69) is 16.3 Å². The fraction of sp³-hybridized carbons (Fsp3) is 0.240. The first kappa shape index (κ1) is 19.3. The number of aromatic nitrogens is 1. The highest BCUT2D eigenvalue weighted by atomic mass is 16.5. The van der Waals surface area contributed by atoms with Crippen LogP contribution in [0.3, 0.4) is 0 Å². The maximum atomic E-state index is 12.9. The Morgan fingerprint density at radius 1 is 1.06 bits per heavy atom. The third kappa shape index (κ3) is 4.01. The Hall–Kier alpha value is -3.67. The van der Waals surface area contributed by atoms with E-state index in [4.69, 9.17) is 9.72 Å². The van der Waals surface area contributed by atoms with Crippen LogP contribution in [0.4, 0.5) is 11.5 Å². The van der Waals surface area contributed by atoms with Crippen LogP contribution in [0.15, 0.2) is 54.6 Å². The average molecular weight is 413 g/mol. The number of anilines is 2. The molecular weight excluding hydrogens is 390 g/mol. The number of ketones is 1. The Balaban J connectivity index is 1.47. The summed E-state index contributed by atoms with van der Waals surface area (Å²) in [7, 11) is 0. The summed E-state index contributed by atoms with van der Waals surface area (Å²) in [5.41, 5.74) is 2.91. The van der Waals surface area contributed by atoms with Crippen molar-refractivity contribution in [1.29, 1.82) is 0 Å². The predicted molar refractivity (Wildman–Crippen MR) is 122 cm³/mol. The quantitative estimate of drug-likeness (QED) is 0.505. The molecule has 0 bridgehead atoms. The van der Waals surface area contributed by atoms with Crippen molar-refractivity contribution in [1.82, 2.24) is 4.98 Å². The highest BCUT2D eigenvalue weighted by molar-refractivity contribution is 6.08. The molecule has 3 aromatic rings. The smallest absolute Gasteiger partial charge is 0.262 e. The van der Waals surface area contributed by atoms with Gasteiger partial charge in [-0.3, -0.25) is 9.59 Å². The third-order valence-corrected chi connectivity index (χ3v) is 5.70. The van der Waals surface area contributed by atoms with E-state index in [1.807, 2.05) is 30.3 Å². The molecule has 0 atom stereocenters. The number of carbonyl (C=O) groups is 2. The molecule has 2 aromatic carbocycles. The van der Waals surface area contributed by atoms with E-state index >= 15 is 0 Å². The number of nitrogens with one attached hydrogen (secondary N) is 1. The number of benzene rings is 2. The van der Waals surface area contributed by atoms with E-state index in [0.717, 1.165) is 48.2 Å². The summed E-state index contributed by atoms with van der Waals surface area (Å²) in [6, 6.07) is 15.2. The number of ether oxygens (including phenoxy) is 1. The molecule has 1 amide bonds. The lowest BCUT2D eigenvalue weighted by atomic mass is 10.1. The Morgan fingerprint density at radius 2 is 1.90 bits per heavy atom. The van der Waals surface area contributed by atoms with Gasteiger partial charge in [0.15, 0.2) is 12.4 Å². The molecule has 1 aromatic heterocycles. The summed E-state index contributed by atoms with van der Waals surface area (Å²) in [5.74, 6) is 1.14. The van der Waals surface area contributed by atoms with Gasteiger partial charge in [-0.25, -0.2) is 4.98 Å². The second kappa shape index (κ2) is 8.22. The maximum absolute atomic E-state index is 12.9. The van der Waals surface area contributed by atoms with Gasteiger partial charge in [0.2, 0.25) is 0 Å². The molecule has 1 fully saturated rings. The Labute approximate surface area is 180 Å². The van der Waals surface area contributed by atoms with Gasteiger partial charge < -0.3 is 15.0 Å². The number of amides is 1. The first-order valence-electron chi connectivity index (χ1n) is 10.6. The largest absolute Gasteiger partial charge is 0.482 e. The van der Waals surface area contributed by atoms with Crippen molar-refractivity contribution >= 4 is 40.2 Å². The van der Waals surface area contributed by atoms with Crippen molar-refractivity contribution in [2.45, 2.75) is 19.3 Å². The summed E-state index contributed by atoms with van der Waals surface area (Å²) in [6.07, 6.45) is 6.97. The zero-order valence-corrected chi connectivity index (χ0v) is 17.1. The highest BCUT2D eigenvalue weighted by Gasteiger charge is 2.18. The van der Waals surface area contributed by atoms with E-state index < -0.39 is 0 Å². The van der Waals surface area contributed by atoms with Gasteiger partial charge in [0.1, 0.15) is 11.6 Å². The Morgan fingerprint density at radius 3 is 2.77 bits per heavy atom. The van der Waals surface area contributed by atoms with Crippen molar-refractivity contribution in [3.05, 3.63) is 65.7 Å². The fourth-order valence-corrected chi connectivity index (χ4v) is 4.10. The minimum Gasteiger partial charge on any atom is -0.482 e. The van der Waals surface area contributed by atoms with Gasteiger partial charge >= 0.3 is 0 Å². The lowest BCUT2D eigenvalue weighted by Crippen LogP contribution is -2.30. The van der Waals surface area contributed by atoms with Gasteiger partial charge in [0.05, 0.1) is 11.2 Å². The molecule has 0 unspecified atom stereocenters. The molecule has 0 saturated carbocycles. The first-order valence-corrected chi connectivity index (χ1v) is 10.6. The molecule has 156 valence electrons. The fourth-order valence-electron chi connectivity index (χ4n) is 4.10. The Bertz CT molecular complexity index is 1200. The summed E-state index contributed by atoms with van der Waals surface area (Å²) in [6.45, 7) is 1.95. The van der Waals surface area contributed by atoms with Gasteiger partial charge in [0.25, 0.3) is 5.91 Å². The number of nitrogens with zero attached hydrogens (tertiary/aromatic N) is 2. The SMILES string of the molecule is O=C1COc2ccc(C(=O)/C=C/c3cc4ccccc4nc3N3CCCCC3)cc2N1. The number of para-hydroxylation sites is 1. The number of hydrogen-bond donors (Lipinski definition) is 1. The van der Waals surface area contributed by atoms with E-state index in [-0.39, 0.29) is 18.3 Å². The maximum Gasteiger partial charge on any atom is 0.262 e. The molecular formula is C25H23N3O3. The number of piperidine rings is 1. The molecule has 0 spiro atoms. The normalized spacial score (nSPS) is 16.1. The monoisotopic (exact) mass is 413 g/mol. The van der Waals surface area contributed by atoms with Crippen LogP contribution >= 0.6 is 0 Å². The molecule has 2 aliphatic rings. The Kier molecular flexibility index (Phi) is 5.12. The minimum absolute atomic E-state index is 0.00552. The van der Waals surface area contributed by atoms with Crippen LogP contribution in [-0.2, 0) is 4.79 Å². The van der Waals surface area contributed by atoms with Gasteiger partial charge in [-0.15, -0.1) is 0 Å². The number of pyridine rings is 1. The van der Waals surface area contributed by atoms with E-state index in [1.54, 1.807) is 24.3 Å². The van der Waals surface area contributed by atoms with Crippen LogP contribution in [0, 0.1) is 0 Å². The van der Waals surface area contributed by atoms with Gasteiger partial charge in [-0.2, -0.15) is 0 Å². The molecule has 31 heavy (non-hydrogen) atoms. The standard InChI is InChI=1S/C25H23N3O3/c29-22(18-9-11-23-21(15-18)26-24(30)16-31-23)10-8-19-14-17-6-2-3-7-20(17)27-25(19)28-12-4-1-5-13-28/h2-3,6-11,14-15H,1,4-5,12-13,16H2,(H,26,30)/b10-8+. The van der Waals surface area contributed by atoms with Crippen molar-refractivity contribution in [2.75, 3.05) is 29.9 Å². The van der Waals surface area contributed by atoms with Crippen molar-refractivity contribution in [2.24, 2.45) is 0 Å². The number of rotatable bonds is 4. The molecule has 3 heterocycles.